The molecule has 0 bridgehead atoms. The molecule has 2 fully saturated rings. The number of H-pyrrole nitrogens is 1. The molecule has 2 atom stereocenters. The van der Waals surface area contributed by atoms with E-state index in [1.807, 2.05) is 0 Å². The van der Waals surface area contributed by atoms with E-state index >= 15 is 0 Å². The predicted octanol–water partition coefficient (Wildman–Crippen LogP) is 3.34. The molecule has 2 aromatic carbocycles. The normalized spacial score (nSPS) is 19.8. The van der Waals surface area contributed by atoms with Crippen LogP contribution in [0.4, 0.5) is 22.4 Å². The summed E-state index contributed by atoms with van der Waals surface area (Å²) < 4.78 is 59.6. The van der Waals surface area contributed by atoms with E-state index in [2.05, 4.69) is 20.1 Å². The molecule has 2 aliphatic rings. The van der Waals surface area contributed by atoms with Crippen LogP contribution < -0.4 is 4.74 Å². The Hall–Kier alpha value is -3.90. The smallest absolute Gasteiger partial charge is 0.445 e. The molecule has 3 aromatic rings. The fourth-order valence-corrected chi connectivity index (χ4v) is 4.54. The minimum atomic E-state index is -5.04. The van der Waals surface area contributed by atoms with Crippen molar-refractivity contribution in [2.24, 2.45) is 11.8 Å². The number of hydrogen-bond donors (Lipinski definition) is 1. The average Bonchev–Trinajstić information content (AvgIpc) is 3.52. The van der Waals surface area contributed by atoms with Gasteiger partial charge < -0.3 is 19.3 Å². The molecule has 13 heteroatoms. The van der Waals surface area contributed by atoms with Crippen molar-refractivity contribution < 1.29 is 36.6 Å². The number of rotatable bonds is 4. The van der Waals surface area contributed by atoms with E-state index in [0.717, 1.165) is 12.1 Å². The van der Waals surface area contributed by atoms with E-state index in [-0.39, 0.29) is 29.9 Å². The maximum atomic E-state index is 13.6. The molecule has 9 nitrogen and oxygen atoms in total. The van der Waals surface area contributed by atoms with Crippen LogP contribution in [0.5, 0.6) is 5.75 Å². The highest BCUT2D eigenvalue weighted by atomic mass is 19.4. The Balaban J connectivity index is 1.14. The Bertz CT molecular complexity index is 1270. The molecule has 1 aromatic heterocycles. The zero-order valence-electron chi connectivity index (χ0n) is 18.1. The first-order chi connectivity index (χ1) is 16.7. The van der Waals surface area contributed by atoms with Gasteiger partial charge >= 0.3 is 12.5 Å². The van der Waals surface area contributed by atoms with Gasteiger partial charge in [-0.3, -0.25) is 4.79 Å². The number of fused-ring (bicyclic) bond motifs is 2. The predicted molar refractivity (Wildman–Crippen MR) is 112 cm³/mol. The molecular formula is C22H19F4N5O4. The monoisotopic (exact) mass is 493 g/mol. The van der Waals surface area contributed by atoms with Gasteiger partial charge in [0, 0.05) is 43.6 Å². The summed E-state index contributed by atoms with van der Waals surface area (Å²) in [5.41, 5.74) is 1.93. The van der Waals surface area contributed by atoms with Gasteiger partial charge in [0.25, 0.3) is 5.91 Å². The first-order valence-corrected chi connectivity index (χ1v) is 10.7. The summed E-state index contributed by atoms with van der Waals surface area (Å²) in [5, 5.41) is 10.5. The third-order valence-electron chi connectivity index (χ3n) is 6.18. The lowest BCUT2D eigenvalue weighted by atomic mass is 10.0. The minimum Gasteiger partial charge on any atom is -0.445 e. The molecule has 0 saturated carbocycles. The van der Waals surface area contributed by atoms with E-state index < -0.39 is 24.0 Å². The Morgan fingerprint density at radius 3 is 2.37 bits per heavy atom. The molecule has 2 aliphatic heterocycles. The highest BCUT2D eigenvalue weighted by Gasteiger charge is 2.43. The number of benzene rings is 2. The minimum absolute atomic E-state index is 0.0832. The van der Waals surface area contributed by atoms with Crippen LogP contribution in [-0.2, 0) is 11.3 Å². The third-order valence-corrected chi connectivity index (χ3v) is 6.18. The lowest BCUT2D eigenvalue weighted by Gasteiger charge is -2.21. The second-order valence-electron chi connectivity index (χ2n) is 8.53. The van der Waals surface area contributed by atoms with Gasteiger partial charge in [-0.1, -0.05) is 6.07 Å². The number of alkyl halides is 3. The van der Waals surface area contributed by atoms with Crippen molar-refractivity contribution in [2.45, 2.75) is 13.0 Å². The maximum absolute atomic E-state index is 13.6. The van der Waals surface area contributed by atoms with Gasteiger partial charge in [-0.05, 0) is 35.9 Å². The van der Waals surface area contributed by atoms with Crippen LogP contribution in [0.15, 0.2) is 36.4 Å². The summed E-state index contributed by atoms with van der Waals surface area (Å²) in [6.45, 7) is 1.41. The molecule has 1 unspecified atom stereocenters. The topological polar surface area (TPSA) is 101 Å². The standard InChI is InChI=1S/C22H19F4N5O4/c23-16-3-1-12(5-19(16)35-22(24,25)26)11-34-21(33)31-9-14-7-30(8-15(14)10-31)20(32)13-2-4-17-18(6-13)28-29-27-17/h1-6,14-15H,7-11H2,(H,27,28,29)/t14-,15?/m1/s1. The van der Waals surface area contributed by atoms with E-state index in [1.165, 1.54) is 11.0 Å². The number of nitrogens with one attached hydrogen (secondary N) is 1. The highest BCUT2D eigenvalue weighted by molar-refractivity contribution is 5.97. The van der Waals surface area contributed by atoms with Crippen molar-refractivity contribution in [1.82, 2.24) is 25.2 Å². The van der Waals surface area contributed by atoms with Gasteiger partial charge in [-0.15, -0.1) is 13.2 Å². The molecule has 0 spiro atoms. The van der Waals surface area contributed by atoms with Crippen LogP contribution in [0.2, 0.25) is 0 Å². The molecule has 35 heavy (non-hydrogen) atoms. The third kappa shape index (κ3) is 4.84. The number of carbonyl (C=O) groups is 2. The van der Waals surface area contributed by atoms with Crippen LogP contribution in [0, 0.1) is 17.7 Å². The van der Waals surface area contributed by atoms with Crippen molar-refractivity contribution in [1.29, 1.82) is 0 Å². The SMILES string of the molecule is O=C(OCc1ccc(F)c(OC(F)(F)F)c1)N1CC2CN(C(=O)c3ccc4n[nH]nc4c3)C[C@@H]2C1. The number of nitrogens with zero attached hydrogens (tertiary/aromatic N) is 4. The molecule has 5 rings (SSSR count). The van der Waals surface area contributed by atoms with Crippen LogP contribution in [-0.4, -0.2) is 69.8 Å². The first kappa shape index (κ1) is 22.9. The van der Waals surface area contributed by atoms with Crippen molar-refractivity contribution >= 4 is 23.0 Å². The number of aromatic nitrogens is 3. The molecule has 2 saturated heterocycles. The average molecular weight is 493 g/mol. The van der Waals surface area contributed by atoms with Crippen molar-refractivity contribution in [3.05, 3.63) is 53.3 Å². The van der Waals surface area contributed by atoms with Crippen LogP contribution >= 0.6 is 0 Å². The van der Waals surface area contributed by atoms with E-state index in [1.54, 1.807) is 23.1 Å². The van der Waals surface area contributed by atoms with Crippen molar-refractivity contribution in [3.8, 4) is 5.75 Å². The number of halogens is 4. The Kier molecular flexibility index (Phi) is 5.69. The number of amides is 2. The largest absolute Gasteiger partial charge is 0.573 e. The number of hydrogen-bond acceptors (Lipinski definition) is 6. The van der Waals surface area contributed by atoms with Crippen molar-refractivity contribution in [3.63, 3.8) is 0 Å². The number of likely N-dealkylation sites (tertiary alicyclic amines) is 2. The van der Waals surface area contributed by atoms with Gasteiger partial charge in [0.15, 0.2) is 11.6 Å². The second-order valence-corrected chi connectivity index (χ2v) is 8.53. The molecule has 2 amide bonds. The summed E-state index contributed by atoms with van der Waals surface area (Å²) in [6.07, 6.45) is -5.67. The van der Waals surface area contributed by atoms with Gasteiger partial charge in [0.05, 0.1) is 0 Å². The zero-order valence-corrected chi connectivity index (χ0v) is 18.1. The van der Waals surface area contributed by atoms with E-state index in [9.17, 15) is 27.2 Å². The van der Waals surface area contributed by atoms with Crippen LogP contribution in [0.3, 0.4) is 0 Å². The van der Waals surface area contributed by atoms with Gasteiger partial charge in [0.2, 0.25) is 0 Å². The Morgan fingerprint density at radius 2 is 1.66 bits per heavy atom. The van der Waals surface area contributed by atoms with Crippen LogP contribution in [0.1, 0.15) is 15.9 Å². The molecule has 0 radical (unpaired) electrons. The summed E-state index contributed by atoms with van der Waals surface area (Å²) in [4.78, 5) is 28.7. The lowest BCUT2D eigenvalue weighted by Crippen LogP contribution is -2.35. The molecule has 184 valence electrons. The van der Waals surface area contributed by atoms with Gasteiger partial charge in [-0.25, -0.2) is 9.18 Å². The quantitative estimate of drug-likeness (QED) is 0.560. The van der Waals surface area contributed by atoms with Gasteiger partial charge in [-0.2, -0.15) is 15.4 Å². The first-order valence-electron chi connectivity index (χ1n) is 10.7. The van der Waals surface area contributed by atoms with Crippen molar-refractivity contribution in [2.75, 3.05) is 26.2 Å². The molecule has 0 aliphatic carbocycles. The lowest BCUT2D eigenvalue weighted by molar-refractivity contribution is -0.275. The fraction of sp³-hybridized carbons (Fsp3) is 0.364. The highest BCUT2D eigenvalue weighted by Crippen LogP contribution is 2.33. The summed E-state index contributed by atoms with van der Waals surface area (Å²) >= 11 is 0. The van der Waals surface area contributed by atoms with Crippen LogP contribution in [0.25, 0.3) is 11.0 Å². The van der Waals surface area contributed by atoms with E-state index in [0.29, 0.717) is 42.8 Å². The Labute approximate surface area is 195 Å². The molecule has 1 N–H and O–H groups in total. The Morgan fingerprint density at radius 1 is 0.971 bits per heavy atom. The maximum Gasteiger partial charge on any atom is 0.573 e. The zero-order chi connectivity index (χ0) is 24.7. The number of carbonyl (C=O) groups excluding carboxylic acids is 2. The van der Waals surface area contributed by atoms with Gasteiger partial charge in [0.1, 0.15) is 17.6 Å². The van der Waals surface area contributed by atoms with E-state index in [4.69, 9.17) is 4.74 Å². The summed E-state index contributed by atoms with van der Waals surface area (Å²) in [6, 6.07) is 7.97. The molecule has 3 heterocycles. The molecular weight excluding hydrogens is 474 g/mol. The fourth-order valence-electron chi connectivity index (χ4n) is 4.54. The number of aromatic amines is 1. The number of ether oxygens (including phenoxy) is 2. The summed E-state index contributed by atoms with van der Waals surface area (Å²) in [5.74, 6) is -2.12. The second kappa shape index (κ2) is 8.71. The summed E-state index contributed by atoms with van der Waals surface area (Å²) in [7, 11) is 0.